The van der Waals surface area contributed by atoms with Crippen LogP contribution in [0.3, 0.4) is 0 Å². The molecule has 0 radical (unpaired) electrons. The number of nitro benzene ring substituents is 1. The molecule has 21 heavy (non-hydrogen) atoms. The summed E-state index contributed by atoms with van der Waals surface area (Å²) in [7, 11) is 0. The number of nitro groups is 1. The van der Waals surface area contributed by atoms with Crippen LogP contribution in [0.25, 0.3) is 0 Å². The number of nitrogens with zero attached hydrogens (tertiary/aromatic N) is 2. The fourth-order valence-corrected chi connectivity index (χ4v) is 3.13. The Labute approximate surface area is 133 Å². The number of hydrogen-bond donors (Lipinski definition) is 1. The number of anilines is 1. The first kappa shape index (κ1) is 15.8. The van der Waals surface area contributed by atoms with Gasteiger partial charge in [0.15, 0.2) is 0 Å². The summed E-state index contributed by atoms with van der Waals surface area (Å²) < 4.78 is 0.858. The van der Waals surface area contributed by atoms with Crippen molar-refractivity contribution in [2.24, 2.45) is 0 Å². The molecular formula is C15H18BrN3O2. The van der Waals surface area contributed by atoms with E-state index < -0.39 is 0 Å². The van der Waals surface area contributed by atoms with Crippen LogP contribution >= 0.6 is 15.9 Å². The third-order valence-corrected chi connectivity index (χ3v) is 4.40. The number of terminal acetylenes is 1. The molecule has 1 aliphatic rings. The summed E-state index contributed by atoms with van der Waals surface area (Å²) in [5, 5.41) is 14.4. The van der Waals surface area contributed by atoms with Gasteiger partial charge in [0.1, 0.15) is 0 Å². The summed E-state index contributed by atoms with van der Waals surface area (Å²) >= 11 is 3.47. The molecule has 1 aromatic rings. The van der Waals surface area contributed by atoms with Gasteiger partial charge >= 0.3 is 0 Å². The minimum absolute atomic E-state index is 0.144. The van der Waals surface area contributed by atoms with Crippen LogP contribution in [0.5, 0.6) is 0 Å². The van der Waals surface area contributed by atoms with Crippen LogP contribution < -0.4 is 5.32 Å². The van der Waals surface area contributed by atoms with Crippen LogP contribution in [0.4, 0.5) is 11.4 Å². The molecule has 0 spiro atoms. The molecule has 0 unspecified atom stereocenters. The van der Waals surface area contributed by atoms with Crippen molar-refractivity contribution in [2.45, 2.75) is 25.8 Å². The third-order valence-electron chi connectivity index (χ3n) is 3.74. The van der Waals surface area contributed by atoms with Gasteiger partial charge in [-0.15, -0.1) is 6.42 Å². The van der Waals surface area contributed by atoms with Gasteiger partial charge in [-0.3, -0.25) is 15.0 Å². The quantitative estimate of drug-likeness (QED) is 0.514. The van der Waals surface area contributed by atoms with Crippen molar-refractivity contribution in [3.8, 4) is 12.3 Å². The Morgan fingerprint density at radius 2 is 2.19 bits per heavy atom. The van der Waals surface area contributed by atoms with Crippen molar-refractivity contribution < 1.29 is 4.92 Å². The molecule has 0 bridgehead atoms. The van der Waals surface area contributed by atoms with Gasteiger partial charge in [-0.05, 0) is 41.8 Å². The smallest absolute Gasteiger partial charge is 0.274 e. The summed E-state index contributed by atoms with van der Waals surface area (Å²) in [5.74, 6) is 2.66. The van der Waals surface area contributed by atoms with E-state index in [0.29, 0.717) is 18.2 Å². The standard InChI is InChI=1S/C15H18BrN3O2/c1-3-6-18-7-4-12(5-8-18)17-14-10-15(19(20)21)11(2)9-13(14)16/h1,9-10,12,17H,4-8H2,2H3. The molecule has 0 atom stereocenters. The molecule has 0 amide bonds. The van der Waals surface area contributed by atoms with Crippen LogP contribution in [0, 0.1) is 29.4 Å². The average molecular weight is 352 g/mol. The topological polar surface area (TPSA) is 58.4 Å². The fourth-order valence-electron chi connectivity index (χ4n) is 2.55. The van der Waals surface area contributed by atoms with Crippen LogP contribution in [0.15, 0.2) is 16.6 Å². The molecule has 0 aromatic heterocycles. The van der Waals surface area contributed by atoms with E-state index in [1.807, 2.05) is 0 Å². The lowest BCUT2D eigenvalue weighted by Gasteiger charge is -2.31. The predicted octanol–water partition coefficient (Wildman–Crippen LogP) is 3.18. The van der Waals surface area contributed by atoms with Crippen LogP contribution in [-0.4, -0.2) is 35.5 Å². The number of halogens is 1. The van der Waals surface area contributed by atoms with Crippen molar-refractivity contribution in [3.63, 3.8) is 0 Å². The Balaban J connectivity index is 2.05. The number of rotatable bonds is 4. The molecule has 5 nitrogen and oxygen atoms in total. The van der Waals surface area contributed by atoms with E-state index in [0.717, 1.165) is 36.1 Å². The van der Waals surface area contributed by atoms with Gasteiger partial charge in [0.25, 0.3) is 5.69 Å². The van der Waals surface area contributed by atoms with Crippen molar-refractivity contribution in [1.82, 2.24) is 4.90 Å². The summed E-state index contributed by atoms with van der Waals surface area (Å²) in [6, 6.07) is 3.71. The molecule has 6 heteroatoms. The second-order valence-corrected chi connectivity index (χ2v) is 6.13. The highest BCUT2D eigenvalue weighted by atomic mass is 79.9. The largest absolute Gasteiger partial charge is 0.381 e. The number of benzene rings is 1. The second-order valence-electron chi connectivity index (χ2n) is 5.27. The maximum Gasteiger partial charge on any atom is 0.274 e. The van der Waals surface area contributed by atoms with E-state index in [-0.39, 0.29) is 10.6 Å². The minimum atomic E-state index is -0.345. The van der Waals surface area contributed by atoms with Gasteiger partial charge in [0, 0.05) is 35.2 Å². The first-order valence-corrected chi connectivity index (χ1v) is 7.67. The SMILES string of the molecule is C#CCN1CCC(Nc2cc([N+](=O)[O-])c(C)cc2Br)CC1. The van der Waals surface area contributed by atoms with Gasteiger partial charge in [-0.25, -0.2) is 0 Å². The first-order valence-electron chi connectivity index (χ1n) is 6.88. The Hall–Kier alpha value is -1.58. The van der Waals surface area contributed by atoms with Crippen molar-refractivity contribution in [1.29, 1.82) is 0 Å². The van der Waals surface area contributed by atoms with Gasteiger partial charge in [-0.1, -0.05) is 5.92 Å². The van der Waals surface area contributed by atoms with Crippen molar-refractivity contribution >= 4 is 27.3 Å². The van der Waals surface area contributed by atoms with Gasteiger partial charge < -0.3 is 5.32 Å². The van der Waals surface area contributed by atoms with Gasteiger partial charge in [0.05, 0.1) is 17.2 Å². The van der Waals surface area contributed by atoms with E-state index in [9.17, 15) is 10.1 Å². The number of piperidine rings is 1. The second kappa shape index (κ2) is 6.92. The molecule has 1 N–H and O–H groups in total. The molecule has 1 aromatic carbocycles. The predicted molar refractivity (Wildman–Crippen MR) is 87.5 cm³/mol. The normalized spacial score (nSPS) is 16.4. The summed E-state index contributed by atoms with van der Waals surface area (Å²) in [6.45, 7) is 4.33. The zero-order chi connectivity index (χ0) is 15.4. The van der Waals surface area contributed by atoms with Gasteiger partial charge in [-0.2, -0.15) is 0 Å². The Kier molecular flexibility index (Phi) is 5.21. The molecule has 0 aliphatic carbocycles. The molecular weight excluding hydrogens is 334 g/mol. The monoisotopic (exact) mass is 351 g/mol. The Morgan fingerprint density at radius 1 is 1.52 bits per heavy atom. The molecule has 1 heterocycles. The molecule has 2 rings (SSSR count). The highest BCUT2D eigenvalue weighted by Crippen LogP contribution is 2.32. The zero-order valence-corrected chi connectivity index (χ0v) is 13.5. The van der Waals surface area contributed by atoms with Crippen LogP contribution in [0.2, 0.25) is 0 Å². The molecule has 1 fully saturated rings. The molecule has 112 valence electrons. The highest BCUT2D eigenvalue weighted by molar-refractivity contribution is 9.10. The lowest BCUT2D eigenvalue weighted by molar-refractivity contribution is -0.385. The summed E-state index contributed by atoms with van der Waals surface area (Å²) in [6.07, 6.45) is 7.28. The van der Waals surface area contributed by atoms with Crippen LogP contribution in [0.1, 0.15) is 18.4 Å². The van der Waals surface area contributed by atoms with Crippen LogP contribution in [-0.2, 0) is 0 Å². The van der Waals surface area contributed by atoms with E-state index >= 15 is 0 Å². The summed E-state index contributed by atoms with van der Waals surface area (Å²) in [4.78, 5) is 12.9. The van der Waals surface area contributed by atoms with E-state index in [2.05, 4.69) is 32.1 Å². The van der Waals surface area contributed by atoms with Gasteiger partial charge in [0.2, 0.25) is 0 Å². The lowest BCUT2D eigenvalue weighted by Crippen LogP contribution is -2.39. The molecule has 1 aliphatic heterocycles. The Morgan fingerprint density at radius 3 is 2.76 bits per heavy atom. The van der Waals surface area contributed by atoms with E-state index in [4.69, 9.17) is 6.42 Å². The zero-order valence-electron chi connectivity index (χ0n) is 11.9. The lowest BCUT2D eigenvalue weighted by atomic mass is 10.0. The molecule has 0 saturated carbocycles. The minimum Gasteiger partial charge on any atom is -0.381 e. The maximum atomic E-state index is 11.0. The highest BCUT2D eigenvalue weighted by Gasteiger charge is 2.21. The number of hydrogen-bond acceptors (Lipinski definition) is 4. The van der Waals surface area contributed by atoms with E-state index in [1.54, 1.807) is 19.1 Å². The van der Waals surface area contributed by atoms with Crippen molar-refractivity contribution in [3.05, 3.63) is 32.3 Å². The number of nitrogens with one attached hydrogen (secondary N) is 1. The number of aryl methyl sites for hydroxylation is 1. The average Bonchev–Trinajstić information content (AvgIpc) is 2.43. The third kappa shape index (κ3) is 3.96. The molecule has 1 saturated heterocycles. The number of likely N-dealkylation sites (tertiary alicyclic amines) is 1. The fraction of sp³-hybridized carbons (Fsp3) is 0.467. The van der Waals surface area contributed by atoms with Crippen molar-refractivity contribution in [2.75, 3.05) is 25.0 Å². The Bertz CT molecular complexity index is 575. The first-order chi connectivity index (χ1) is 10.0. The maximum absolute atomic E-state index is 11.0. The van der Waals surface area contributed by atoms with E-state index in [1.165, 1.54) is 0 Å². The summed E-state index contributed by atoms with van der Waals surface area (Å²) in [5.41, 5.74) is 1.58.